The van der Waals surface area contributed by atoms with Gasteiger partial charge in [0, 0.05) is 11.8 Å². The summed E-state index contributed by atoms with van der Waals surface area (Å²) in [6.07, 6.45) is 0. The van der Waals surface area contributed by atoms with Crippen LogP contribution in [0.4, 0.5) is 8.78 Å². The first-order chi connectivity index (χ1) is 10.1. The molecule has 0 saturated heterocycles. The van der Waals surface area contributed by atoms with Crippen molar-refractivity contribution in [3.63, 3.8) is 0 Å². The minimum atomic E-state index is -0.878. The zero-order chi connectivity index (χ0) is 14.8. The van der Waals surface area contributed by atoms with E-state index in [1.807, 2.05) is 24.3 Å². The molecule has 0 aliphatic carbocycles. The topological polar surface area (TPSA) is 54.7 Å². The van der Waals surface area contributed by atoms with Crippen LogP contribution >= 0.6 is 11.8 Å². The maximum absolute atomic E-state index is 13.2. The van der Waals surface area contributed by atoms with Gasteiger partial charge >= 0.3 is 0 Å². The number of aromatic nitrogens is 2. The molecular formula is C15H13F2N3S. The van der Waals surface area contributed by atoms with Gasteiger partial charge < -0.3 is 10.7 Å². The number of fused-ring (bicyclic) bond motifs is 1. The molecule has 3 nitrogen and oxygen atoms in total. The predicted molar refractivity (Wildman–Crippen MR) is 80.1 cm³/mol. The molecule has 1 atom stereocenters. The standard InChI is InChI=1S/C15H13F2N3S/c16-10-6-5-9(7-11(10)17)12(18)8-21-15-19-13-3-1-2-4-14(13)20-15/h1-7,12H,8,18H2,(H,19,20). The lowest BCUT2D eigenvalue weighted by atomic mass is 10.1. The summed E-state index contributed by atoms with van der Waals surface area (Å²) in [6.45, 7) is 0. The normalized spacial score (nSPS) is 12.7. The fourth-order valence-electron chi connectivity index (χ4n) is 2.01. The molecule has 1 heterocycles. The molecule has 0 radical (unpaired) electrons. The van der Waals surface area contributed by atoms with Crippen LogP contribution in [0.5, 0.6) is 0 Å². The van der Waals surface area contributed by atoms with Gasteiger partial charge in [0.25, 0.3) is 0 Å². The molecule has 1 aromatic heterocycles. The summed E-state index contributed by atoms with van der Waals surface area (Å²) in [4.78, 5) is 7.61. The van der Waals surface area contributed by atoms with Gasteiger partial charge in [0.2, 0.25) is 0 Å². The molecule has 108 valence electrons. The van der Waals surface area contributed by atoms with Crippen molar-refractivity contribution >= 4 is 22.8 Å². The number of nitrogens with zero attached hydrogens (tertiary/aromatic N) is 1. The highest BCUT2D eigenvalue weighted by molar-refractivity contribution is 7.99. The number of thioether (sulfide) groups is 1. The van der Waals surface area contributed by atoms with E-state index in [2.05, 4.69) is 9.97 Å². The Labute approximate surface area is 124 Å². The van der Waals surface area contributed by atoms with Crippen LogP contribution < -0.4 is 5.73 Å². The van der Waals surface area contributed by atoms with Gasteiger partial charge in [-0.15, -0.1) is 0 Å². The number of hydrogen-bond acceptors (Lipinski definition) is 3. The number of H-pyrrole nitrogens is 1. The van der Waals surface area contributed by atoms with E-state index >= 15 is 0 Å². The van der Waals surface area contributed by atoms with Crippen LogP contribution in [0.15, 0.2) is 47.6 Å². The van der Waals surface area contributed by atoms with Crippen molar-refractivity contribution in [1.82, 2.24) is 9.97 Å². The highest BCUT2D eigenvalue weighted by atomic mass is 32.2. The predicted octanol–water partition coefficient (Wildman–Crippen LogP) is 3.63. The third-order valence-corrected chi connectivity index (χ3v) is 4.13. The molecule has 3 N–H and O–H groups in total. The van der Waals surface area contributed by atoms with Crippen molar-refractivity contribution in [2.24, 2.45) is 5.73 Å². The van der Waals surface area contributed by atoms with Crippen LogP contribution in [-0.2, 0) is 0 Å². The molecule has 0 aliphatic heterocycles. The zero-order valence-electron chi connectivity index (χ0n) is 11.0. The molecule has 3 rings (SSSR count). The SMILES string of the molecule is NC(CSc1nc2ccccc2[nH]1)c1ccc(F)c(F)c1. The number of nitrogens with two attached hydrogens (primary N) is 1. The Morgan fingerprint density at radius 1 is 1.14 bits per heavy atom. The number of nitrogens with one attached hydrogen (secondary N) is 1. The lowest BCUT2D eigenvalue weighted by Crippen LogP contribution is -2.13. The average Bonchev–Trinajstić information content (AvgIpc) is 2.90. The molecule has 0 amide bonds. The Bertz CT molecular complexity index is 739. The monoisotopic (exact) mass is 305 g/mol. The van der Waals surface area contributed by atoms with Gasteiger partial charge in [-0.05, 0) is 29.8 Å². The molecule has 6 heteroatoms. The highest BCUT2D eigenvalue weighted by Crippen LogP contribution is 2.24. The van der Waals surface area contributed by atoms with Crippen molar-refractivity contribution in [1.29, 1.82) is 0 Å². The Morgan fingerprint density at radius 2 is 1.95 bits per heavy atom. The van der Waals surface area contributed by atoms with Crippen LogP contribution in [0.1, 0.15) is 11.6 Å². The second kappa shape index (κ2) is 5.83. The molecule has 21 heavy (non-hydrogen) atoms. The summed E-state index contributed by atoms with van der Waals surface area (Å²) in [5, 5.41) is 0.759. The van der Waals surface area contributed by atoms with Gasteiger partial charge in [-0.3, -0.25) is 0 Å². The van der Waals surface area contributed by atoms with Crippen molar-refractivity contribution < 1.29 is 8.78 Å². The average molecular weight is 305 g/mol. The van der Waals surface area contributed by atoms with Crippen LogP contribution in [0.3, 0.4) is 0 Å². The summed E-state index contributed by atoms with van der Waals surface area (Å²) in [5.41, 5.74) is 8.42. The molecule has 0 saturated carbocycles. The van der Waals surface area contributed by atoms with Gasteiger partial charge in [0.1, 0.15) is 0 Å². The van der Waals surface area contributed by atoms with E-state index in [4.69, 9.17) is 5.73 Å². The van der Waals surface area contributed by atoms with E-state index in [0.717, 1.165) is 28.3 Å². The zero-order valence-corrected chi connectivity index (χ0v) is 11.8. The second-order valence-corrected chi connectivity index (χ2v) is 5.66. The van der Waals surface area contributed by atoms with E-state index in [-0.39, 0.29) is 0 Å². The summed E-state index contributed by atoms with van der Waals surface area (Å²) < 4.78 is 26.1. The first-order valence-corrected chi connectivity index (χ1v) is 7.40. The summed E-state index contributed by atoms with van der Waals surface area (Å²) in [7, 11) is 0. The summed E-state index contributed by atoms with van der Waals surface area (Å²) in [5.74, 6) is -1.22. The maximum Gasteiger partial charge on any atom is 0.166 e. The fraction of sp³-hybridized carbons (Fsp3) is 0.133. The summed E-state index contributed by atoms with van der Waals surface area (Å²) >= 11 is 1.45. The van der Waals surface area contributed by atoms with E-state index in [1.165, 1.54) is 17.8 Å². The first kappa shape index (κ1) is 14.0. The van der Waals surface area contributed by atoms with Crippen LogP contribution in [-0.4, -0.2) is 15.7 Å². The number of imidazole rings is 1. The van der Waals surface area contributed by atoms with Crippen molar-refractivity contribution in [2.75, 3.05) is 5.75 Å². The number of benzene rings is 2. The Kier molecular flexibility index (Phi) is 3.90. The number of para-hydroxylation sites is 2. The van der Waals surface area contributed by atoms with E-state index < -0.39 is 17.7 Å². The van der Waals surface area contributed by atoms with Crippen molar-refractivity contribution in [3.8, 4) is 0 Å². The Hall–Kier alpha value is -1.92. The van der Waals surface area contributed by atoms with E-state index in [1.54, 1.807) is 0 Å². The van der Waals surface area contributed by atoms with Crippen molar-refractivity contribution in [2.45, 2.75) is 11.2 Å². The smallest absolute Gasteiger partial charge is 0.166 e. The third-order valence-electron chi connectivity index (χ3n) is 3.14. The molecule has 0 bridgehead atoms. The molecule has 0 spiro atoms. The molecular weight excluding hydrogens is 292 g/mol. The quantitative estimate of drug-likeness (QED) is 0.724. The maximum atomic E-state index is 13.2. The molecule has 0 aliphatic rings. The largest absolute Gasteiger partial charge is 0.333 e. The van der Waals surface area contributed by atoms with Gasteiger partial charge in [0.05, 0.1) is 11.0 Å². The number of halogens is 2. The summed E-state index contributed by atoms with van der Waals surface area (Å²) in [6, 6.07) is 11.1. The van der Waals surface area contributed by atoms with Gasteiger partial charge in [-0.2, -0.15) is 0 Å². The van der Waals surface area contributed by atoms with E-state index in [9.17, 15) is 8.78 Å². The van der Waals surface area contributed by atoms with Crippen molar-refractivity contribution in [3.05, 3.63) is 59.7 Å². The number of hydrogen-bond donors (Lipinski definition) is 2. The lowest BCUT2D eigenvalue weighted by Gasteiger charge is -2.10. The third kappa shape index (κ3) is 3.06. The van der Waals surface area contributed by atoms with E-state index in [0.29, 0.717) is 11.3 Å². The first-order valence-electron chi connectivity index (χ1n) is 6.41. The minimum absolute atomic E-state index is 0.390. The van der Waals surface area contributed by atoms with Gasteiger partial charge in [-0.1, -0.05) is 30.0 Å². The molecule has 3 aromatic rings. The van der Waals surface area contributed by atoms with Gasteiger partial charge in [-0.25, -0.2) is 13.8 Å². The second-order valence-electron chi connectivity index (χ2n) is 4.65. The number of aromatic amines is 1. The van der Waals surface area contributed by atoms with Gasteiger partial charge in [0.15, 0.2) is 16.8 Å². The molecule has 1 unspecified atom stereocenters. The van der Waals surface area contributed by atoms with Crippen LogP contribution in [0, 0.1) is 11.6 Å². The minimum Gasteiger partial charge on any atom is -0.333 e. The van der Waals surface area contributed by atoms with Crippen LogP contribution in [0.2, 0.25) is 0 Å². The Balaban J connectivity index is 1.70. The van der Waals surface area contributed by atoms with Crippen LogP contribution in [0.25, 0.3) is 11.0 Å². The highest BCUT2D eigenvalue weighted by Gasteiger charge is 2.11. The fourth-order valence-corrected chi connectivity index (χ4v) is 2.88. The molecule has 0 fully saturated rings. The number of rotatable bonds is 4. The lowest BCUT2D eigenvalue weighted by molar-refractivity contribution is 0.506. The Morgan fingerprint density at radius 3 is 2.71 bits per heavy atom. The molecule has 2 aromatic carbocycles.